The zero-order valence-corrected chi connectivity index (χ0v) is 19.3. The van der Waals surface area contributed by atoms with E-state index in [4.69, 9.17) is 9.47 Å². The summed E-state index contributed by atoms with van der Waals surface area (Å²) in [6, 6.07) is 10.8. The number of nitrogens with zero attached hydrogens (tertiary/aromatic N) is 2. The number of aromatic nitrogens is 1. The van der Waals surface area contributed by atoms with Crippen LogP contribution in [0.1, 0.15) is 48.0 Å². The lowest BCUT2D eigenvalue weighted by Gasteiger charge is -2.31. The van der Waals surface area contributed by atoms with Crippen molar-refractivity contribution in [3.05, 3.63) is 59.9 Å². The number of hydrogen-bond donors (Lipinski definition) is 2. The molecule has 4 atom stereocenters. The number of benzene rings is 1. The topological polar surface area (TPSA) is 92.8 Å². The van der Waals surface area contributed by atoms with E-state index in [2.05, 4.69) is 20.5 Å². The van der Waals surface area contributed by atoms with Gasteiger partial charge in [0.15, 0.2) is 0 Å². The summed E-state index contributed by atoms with van der Waals surface area (Å²) < 4.78 is 12.3. The molecule has 0 saturated carbocycles. The van der Waals surface area contributed by atoms with Crippen molar-refractivity contribution in [3.63, 3.8) is 0 Å². The maximum Gasteiger partial charge on any atom is 0.255 e. The number of carbonyl (C=O) groups is 2. The summed E-state index contributed by atoms with van der Waals surface area (Å²) in [5, 5.41) is 6.27. The Bertz CT molecular complexity index is 1000. The van der Waals surface area contributed by atoms with Crippen LogP contribution in [0.25, 0.3) is 0 Å². The molecule has 2 saturated heterocycles. The number of pyridine rings is 1. The molecule has 3 aliphatic heterocycles. The Morgan fingerprint density at radius 1 is 1.06 bits per heavy atom. The lowest BCUT2D eigenvalue weighted by atomic mass is 10.0. The normalized spacial score (nSPS) is 28.4. The van der Waals surface area contributed by atoms with Gasteiger partial charge in [-0.2, -0.15) is 0 Å². The van der Waals surface area contributed by atoms with E-state index in [1.807, 2.05) is 36.5 Å². The van der Waals surface area contributed by atoms with Crippen LogP contribution in [0.4, 0.5) is 0 Å². The molecule has 0 aliphatic carbocycles. The number of fused-ring (bicyclic) bond motifs is 5. The first-order valence-corrected chi connectivity index (χ1v) is 12.2. The molecule has 8 heteroatoms. The standard InChI is InChI=1S/C26H32N4O4/c31-25-22-8-1-2-9-24(22)33-12-10-20-6-3-7-21(34-20)15-28-26(32)23-13-19(29-25)17-30(23)16-18-5-4-11-27-14-18/h1-2,4-5,8-9,11,14,19-21,23H,3,6-7,10,12-13,15-17H2,(H,28,32)(H,29,31)/t19-,20-,21-,23-/m0/s1. The summed E-state index contributed by atoms with van der Waals surface area (Å²) >= 11 is 0. The van der Waals surface area contributed by atoms with Crippen molar-refractivity contribution in [2.45, 2.75) is 62.9 Å². The highest BCUT2D eigenvalue weighted by atomic mass is 16.5. The van der Waals surface area contributed by atoms with Crippen molar-refractivity contribution in [2.24, 2.45) is 0 Å². The van der Waals surface area contributed by atoms with E-state index in [1.54, 1.807) is 12.3 Å². The highest BCUT2D eigenvalue weighted by Gasteiger charge is 2.38. The van der Waals surface area contributed by atoms with E-state index < -0.39 is 0 Å². The molecular weight excluding hydrogens is 432 g/mol. The molecule has 0 radical (unpaired) electrons. The number of amides is 2. The van der Waals surface area contributed by atoms with Gasteiger partial charge in [-0.25, -0.2) is 0 Å². The summed E-state index contributed by atoms with van der Waals surface area (Å²) in [7, 11) is 0. The number of rotatable bonds is 2. The molecule has 4 heterocycles. The van der Waals surface area contributed by atoms with E-state index in [1.165, 1.54) is 0 Å². The van der Waals surface area contributed by atoms with Crippen LogP contribution in [0.3, 0.4) is 0 Å². The molecule has 0 unspecified atom stereocenters. The zero-order chi connectivity index (χ0) is 23.3. The molecule has 8 nitrogen and oxygen atoms in total. The molecule has 34 heavy (non-hydrogen) atoms. The molecule has 1 aromatic carbocycles. The van der Waals surface area contributed by atoms with Gasteiger partial charge in [-0.05, 0) is 49.4 Å². The average Bonchev–Trinajstić information content (AvgIpc) is 3.25. The van der Waals surface area contributed by atoms with E-state index in [9.17, 15) is 9.59 Å². The van der Waals surface area contributed by atoms with Gasteiger partial charge in [0, 0.05) is 44.5 Å². The Hall–Kier alpha value is -2.97. The SMILES string of the molecule is O=C1N[C@H]2C[C@@H](C(=O)NC[C@@H]3CCC[C@@H](CCOc4ccccc41)O3)N(Cc1cccnc1)C2. The van der Waals surface area contributed by atoms with Crippen molar-refractivity contribution >= 4 is 11.8 Å². The summed E-state index contributed by atoms with van der Waals surface area (Å²) in [5.74, 6) is 0.394. The molecule has 2 fully saturated rings. The Morgan fingerprint density at radius 2 is 1.94 bits per heavy atom. The average molecular weight is 465 g/mol. The number of carbonyl (C=O) groups excluding carboxylic acids is 2. The maximum atomic E-state index is 13.2. The van der Waals surface area contributed by atoms with Gasteiger partial charge < -0.3 is 20.1 Å². The van der Waals surface area contributed by atoms with Crippen LogP contribution in [-0.2, 0) is 16.1 Å². The Balaban J connectivity index is 1.38. The van der Waals surface area contributed by atoms with Crippen LogP contribution in [0, 0.1) is 0 Å². The van der Waals surface area contributed by atoms with Crippen LogP contribution >= 0.6 is 0 Å². The molecule has 3 aliphatic rings. The highest BCUT2D eigenvalue weighted by molar-refractivity contribution is 5.97. The predicted octanol–water partition coefficient (Wildman–Crippen LogP) is 2.29. The Kier molecular flexibility index (Phi) is 7.06. The number of para-hydroxylation sites is 1. The van der Waals surface area contributed by atoms with Crippen molar-refractivity contribution in [3.8, 4) is 5.75 Å². The third kappa shape index (κ3) is 5.39. The van der Waals surface area contributed by atoms with Gasteiger partial charge in [0.1, 0.15) is 5.75 Å². The van der Waals surface area contributed by atoms with Gasteiger partial charge in [0.25, 0.3) is 5.91 Å². The first-order valence-electron chi connectivity index (χ1n) is 12.2. The monoisotopic (exact) mass is 464 g/mol. The van der Waals surface area contributed by atoms with Crippen LogP contribution in [-0.4, -0.2) is 65.7 Å². The van der Waals surface area contributed by atoms with Gasteiger partial charge in [-0.3, -0.25) is 19.5 Å². The van der Waals surface area contributed by atoms with Gasteiger partial charge in [-0.1, -0.05) is 18.2 Å². The molecule has 2 amide bonds. The molecule has 2 aromatic rings. The van der Waals surface area contributed by atoms with Crippen LogP contribution in [0.2, 0.25) is 0 Å². The lowest BCUT2D eigenvalue weighted by molar-refractivity contribution is -0.127. The number of hydrogen-bond acceptors (Lipinski definition) is 6. The minimum Gasteiger partial charge on any atom is -0.493 e. The first kappa shape index (κ1) is 22.8. The minimum absolute atomic E-state index is 0.0119. The van der Waals surface area contributed by atoms with Crippen molar-refractivity contribution in [2.75, 3.05) is 19.7 Å². The predicted molar refractivity (Wildman–Crippen MR) is 126 cm³/mol. The molecule has 2 N–H and O–H groups in total. The number of likely N-dealkylation sites (tertiary alicyclic amines) is 1. The fourth-order valence-corrected chi connectivity index (χ4v) is 5.20. The van der Waals surface area contributed by atoms with E-state index in [0.29, 0.717) is 44.0 Å². The second-order valence-corrected chi connectivity index (χ2v) is 9.40. The zero-order valence-electron chi connectivity index (χ0n) is 19.3. The van der Waals surface area contributed by atoms with Gasteiger partial charge >= 0.3 is 0 Å². The van der Waals surface area contributed by atoms with E-state index >= 15 is 0 Å². The second kappa shape index (κ2) is 10.5. The number of nitrogens with one attached hydrogen (secondary N) is 2. The first-order chi connectivity index (χ1) is 16.7. The fraction of sp³-hybridized carbons (Fsp3) is 0.500. The van der Waals surface area contributed by atoms with Crippen LogP contribution in [0.15, 0.2) is 48.8 Å². The van der Waals surface area contributed by atoms with Crippen molar-refractivity contribution in [1.82, 2.24) is 20.5 Å². The third-order valence-electron chi connectivity index (χ3n) is 6.92. The quantitative estimate of drug-likeness (QED) is 0.709. The Morgan fingerprint density at radius 3 is 2.82 bits per heavy atom. The summed E-state index contributed by atoms with van der Waals surface area (Å²) in [4.78, 5) is 32.7. The Labute approximate surface area is 200 Å². The maximum absolute atomic E-state index is 13.2. The summed E-state index contributed by atoms with van der Waals surface area (Å²) in [5.41, 5.74) is 1.55. The van der Waals surface area contributed by atoms with Gasteiger partial charge in [0.05, 0.1) is 30.4 Å². The smallest absolute Gasteiger partial charge is 0.255 e. The molecule has 0 spiro atoms. The highest BCUT2D eigenvalue weighted by Crippen LogP contribution is 2.25. The molecular formula is C26H32N4O4. The van der Waals surface area contributed by atoms with Crippen LogP contribution < -0.4 is 15.4 Å². The van der Waals surface area contributed by atoms with Crippen LogP contribution in [0.5, 0.6) is 5.75 Å². The molecule has 180 valence electrons. The molecule has 5 rings (SSSR count). The largest absolute Gasteiger partial charge is 0.493 e. The third-order valence-corrected chi connectivity index (χ3v) is 6.92. The van der Waals surface area contributed by atoms with Crippen molar-refractivity contribution < 1.29 is 19.1 Å². The number of ether oxygens (including phenoxy) is 2. The van der Waals surface area contributed by atoms with Gasteiger partial charge in [0.2, 0.25) is 5.91 Å². The minimum atomic E-state index is -0.329. The molecule has 1 aromatic heterocycles. The van der Waals surface area contributed by atoms with E-state index in [-0.39, 0.29) is 36.1 Å². The van der Waals surface area contributed by atoms with Gasteiger partial charge in [-0.15, -0.1) is 0 Å². The fourth-order valence-electron chi connectivity index (χ4n) is 5.20. The summed E-state index contributed by atoms with van der Waals surface area (Å²) in [6.07, 6.45) is 7.99. The lowest BCUT2D eigenvalue weighted by Crippen LogP contribution is -2.46. The summed E-state index contributed by atoms with van der Waals surface area (Å²) in [6.45, 7) is 2.18. The van der Waals surface area contributed by atoms with E-state index in [0.717, 1.165) is 31.2 Å². The second-order valence-electron chi connectivity index (χ2n) is 9.40. The van der Waals surface area contributed by atoms with Crippen molar-refractivity contribution in [1.29, 1.82) is 0 Å². The molecule has 4 bridgehead atoms.